The first-order valence-corrected chi connectivity index (χ1v) is 7.66. The maximum Gasteiger partial charge on any atom is 0.282 e. The number of rotatable bonds is 4. The van der Waals surface area contributed by atoms with E-state index in [9.17, 15) is 8.42 Å². The predicted octanol–water partition coefficient (Wildman–Crippen LogP) is 2.18. The molecule has 1 aliphatic rings. The summed E-state index contributed by atoms with van der Waals surface area (Å²) < 4.78 is 27.4. The fourth-order valence-electron chi connectivity index (χ4n) is 2.21. The Hall–Kier alpha value is -1.17. The van der Waals surface area contributed by atoms with Gasteiger partial charge in [-0.2, -0.15) is 17.0 Å². The van der Waals surface area contributed by atoms with E-state index in [0.29, 0.717) is 0 Å². The van der Waals surface area contributed by atoms with Crippen molar-refractivity contribution < 1.29 is 8.42 Å². The third kappa shape index (κ3) is 2.73. The number of allylic oxidation sites excluding steroid dienone is 1. The summed E-state index contributed by atoms with van der Waals surface area (Å²) in [7, 11) is -0.244. The standard InChI is InChI=1S/C14H20N2O2S/c1-11(2)10-13-14(12-8-6-5-7-9-12)16(13)19(17,18)15(3)4/h5-10,13-14H,1-4H3/t13-,14-,16?/m1/s1. The zero-order valence-electron chi connectivity index (χ0n) is 11.7. The molecule has 0 spiro atoms. The van der Waals surface area contributed by atoms with Crippen LogP contribution in [0.4, 0.5) is 0 Å². The van der Waals surface area contributed by atoms with Crippen LogP contribution in [-0.4, -0.2) is 37.2 Å². The third-order valence-corrected chi connectivity index (χ3v) is 5.10. The molecule has 1 saturated heterocycles. The van der Waals surface area contributed by atoms with Crippen LogP contribution in [0.5, 0.6) is 0 Å². The highest BCUT2D eigenvalue weighted by atomic mass is 32.2. The van der Waals surface area contributed by atoms with Gasteiger partial charge < -0.3 is 0 Å². The van der Waals surface area contributed by atoms with Gasteiger partial charge in [0, 0.05) is 14.1 Å². The number of hydrogen-bond donors (Lipinski definition) is 0. The summed E-state index contributed by atoms with van der Waals surface area (Å²) >= 11 is 0. The highest BCUT2D eigenvalue weighted by molar-refractivity contribution is 7.87. The maximum absolute atomic E-state index is 12.3. The Bertz CT molecular complexity index is 575. The lowest BCUT2D eigenvalue weighted by Gasteiger charge is -2.12. The summed E-state index contributed by atoms with van der Waals surface area (Å²) in [5.41, 5.74) is 2.16. The first-order chi connectivity index (χ1) is 8.85. The topological polar surface area (TPSA) is 40.4 Å². The fraction of sp³-hybridized carbons (Fsp3) is 0.429. The van der Waals surface area contributed by atoms with Gasteiger partial charge in [-0.3, -0.25) is 0 Å². The molecule has 1 aliphatic heterocycles. The molecular formula is C14H20N2O2S. The van der Waals surface area contributed by atoms with Crippen LogP contribution < -0.4 is 0 Å². The summed E-state index contributed by atoms with van der Waals surface area (Å²) in [5.74, 6) is 0. The zero-order chi connectivity index (χ0) is 14.2. The van der Waals surface area contributed by atoms with Gasteiger partial charge in [0.15, 0.2) is 0 Å². The van der Waals surface area contributed by atoms with Crippen molar-refractivity contribution in [3.63, 3.8) is 0 Å². The second kappa shape index (κ2) is 5.07. The molecule has 5 heteroatoms. The Morgan fingerprint density at radius 1 is 1.21 bits per heavy atom. The molecule has 0 radical (unpaired) electrons. The molecule has 1 aromatic carbocycles. The predicted molar refractivity (Wildman–Crippen MR) is 76.8 cm³/mol. The van der Waals surface area contributed by atoms with Crippen molar-refractivity contribution in [2.24, 2.45) is 0 Å². The minimum Gasteiger partial charge on any atom is -0.195 e. The molecule has 1 aromatic rings. The monoisotopic (exact) mass is 280 g/mol. The lowest BCUT2D eigenvalue weighted by Crippen LogP contribution is -2.29. The molecule has 0 aliphatic carbocycles. The molecule has 3 atom stereocenters. The average Bonchev–Trinajstić information content (AvgIpc) is 3.03. The van der Waals surface area contributed by atoms with Crippen LogP contribution in [0, 0.1) is 0 Å². The Morgan fingerprint density at radius 2 is 1.79 bits per heavy atom. The van der Waals surface area contributed by atoms with Crippen molar-refractivity contribution in [2.75, 3.05) is 14.1 Å². The van der Waals surface area contributed by atoms with Gasteiger partial charge in [-0.15, -0.1) is 0 Å². The van der Waals surface area contributed by atoms with Gasteiger partial charge in [-0.05, 0) is 19.4 Å². The van der Waals surface area contributed by atoms with E-state index in [4.69, 9.17) is 0 Å². The summed E-state index contributed by atoms with van der Waals surface area (Å²) in [6.45, 7) is 3.97. The highest BCUT2D eigenvalue weighted by Crippen LogP contribution is 2.47. The van der Waals surface area contributed by atoms with E-state index in [2.05, 4.69) is 0 Å². The van der Waals surface area contributed by atoms with Gasteiger partial charge in [0.1, 0.15) is 0 Å². The zero-order valence-corrected chi connectivity index (χ0v) is 12.6. The van der Waals surface area contributed by atoms with E-state index in [1.165, 1.54) is 4.31 Å². The van der Waals surface area contributed by atoms with Crippen molar-refractivity contribution in [2.45, 2.75) is 25.9 Å². The summed E-state index contributed by atoms with van der Waals surface area (Å²) in [6.07, 6.45) is 2.01. The van der Waals surface area contributed by atoms with Crippen LogP contribution >= 0.6 is 0 Å². The number of nitrogens with zero attached hydrogens (tertiary/aromatic N) is 2. The largest absolute Gasteiger partial charge is 0.282 e. The van der Waals surface area contributed by atoms with E-state index in [1.807, 2.05) is 50.3 Å². The lowest BCUT2D eigenvalue weighted by molar-refractivity contribution is 0.476. The molecule has 19 heavy (non-hydrogen) atoms. The van der Waals surface area contributed by atoms with E-state index >= 15 is 0 Å². The molecule has 1 unspecified atom stereocenters. The minimum absolute atomic E-state index is 0.0696. The second-order valence-electron chi connectivity index (χ2n) is 5.21. The third-order valence-electron chi connectivity index (χ3n) is 3.17. The summed E-state index contributed by atoms with van der Waals surface area (Å²) in [4.78, 5) is 0. The quantitative estimate of drug-likeness (QED) is 0.626. The molecule has 0 amide bonds. The number of hydrogen-bond acceptors (Lipinski definition) is 2. The highest BCUT2D eigenvalue weighted by Gasteiger charge is 2.55. The normalized spacial score (nSPS) is 26.3. The summed E-state index contributed by atoms with van der Waals surface area (Å²) in [5, 5.41) is 0. The lowest BCUT2D eigenvalue weighted by atomic mass is 10.1. The van der Waals surface area contributed by atoms with E-state index in [1.54, 1.807) is 18.4 Å². The van der Waals surface area contributed by atoms with E-state index in [0.717, 1.165) is 11.1 Å². The van der Waals surface area contributed by atoms with Gasteiger partial charge in [0.25, 0.3) is 10.2 Å². The van der Waals surface area contributed by atoms with Gasteiger partial charge in [-0.25, -0.2) is 0 Å². The summed E-state index contributed by atoms with van der Waals surface area (Å²) in [6, 6.07) is 9.61. The van der Waals surface area contributed by atoms with Crippen LogP contribution in [0.3, 0.4) is 0 Å². The first kappa shape index (κ1) is 14.2. The molecule has 4 nitrogen and oxygen atoms in total. The van der Waals surface area contributed by atoms with Crippen molar-refractivity contribution in [3.05, 3.63) is 47.5 Å². The Kier molecular flexibility index (Phi) is 3.80. The smallest absolute Gasteiger partial charge is 0.195 e. The molecule has 0 N–H and O–H groups in total. The maximum atomic E-state index is 12.3. The van der Waals surface area contributed by atoms with Gasteiger partial charge in [-0.1, -0.05) is 42.0 Å². The molecule has 1 fully saturated rings. The molecule has 0 aromatic heterocycles. The van der Waals surface area contributed by atoms with Crippen molar-refractivity contribution in [3.8, 4) is 0 Å². The van der Waals surface area contributed by atoms with Crippen molar-refractivity contribution in [1.82, 2.24) is 8.61 Å². The Labute approximate surface area is 115 Å². The minimum atomic E-state index is -3.37. The molecule has 2 rings (SSSR count). The average molecular weight is 280 g/mol. The Morgan fingerprint density at radius 3 is 2.26 bits per heavy atom. The van der Waals surface area contributed by atoms with Crippen molar-refractivity contribution >= 4 is 10.2 Å². The van der Waals surface area contributed by atoms with Crippen molar-refractivity contribution in [1.29, 1.82) is 0 Å². The van der Waals surface area contributed by atoms with E-state index in [-0.39, 0.29) is 12.1 Å². The van der Waals surface area contributed by atoms with Gasteiger partial charge in [0.05, 0.1) is 12.1 Å². The van der Waals surface area contributed by atoms with Crippen LogP contribution in [0.25, 0.3) is 0 Å². The molecule has 0 bridgehead atoms. The van der Waals surface area contributed by atoms with Gasteiger partial charge in [0.2, 0.25) is 0 Å². The van der Waals surface area contributed by atoms with Crippen LogP contribution in [0.15, 0.2) is 42.0 Å². The van der Waals surface area contributed by atoms with Gasteiger partial charge >= 0.3 is 0 Å². The number of benzene rings is 1. The van der Waals surface area contributed by atoms with Crippen LogP contribution in [-0.2, 0) is 10.2 Å². The van der Waals surface area contributed by atoms with Crippen LogP contribution in [0.1, 0.15) is 25.5 Å². The molecule has 1 heterocycles. The molecular weight excluding hydrogens is 260 g/mol. The van der Waals surface area contributed by atoms with E-state index < -0.39 is 10.2 Å². The SMILES string of the molecule is CC(C)=C[C@@H]1[C@@H](c2ccccc2)N1S(=O)(=O)N(C)C. The first-order valence-electron chi connectivity index (χ1n) is 6.26. The molecule has 0 saturated carbocycles. The van der Waals surface area contributed by atoms with Crippen LogP contribution in [0.2, 0.25) is 0 Å². The second-order valence-corrected chi connectivity index (χ2v) is 7.26. The molecule has 104 valence electrons. The fourth-order valence-corrected chi connectivity index (χ4v) is 3.55. The Balaban J connectivity index is 2.36.